The van der Waals surface area contributed by atoms with Crippen molar-refractivity contribution >= 4 is 33.7 Å². The number of amides is 2. The second kappa shape index (κ2) is 9.27. The van der Waals surface area contributed by atoms with E-state index in [-0.39, 0.29) is 6.03 Å². The highest BCUT2D eigenvalue weighted by Gasteiger charge is 2.32. The molecule has 0 atom stereocenters. The lowest BCUT2D eigenvalue weighted by Crippen LogP contribution is -2.47. The van der Waals surface area contributed by atoms with Crippen molar-refractivity contribution in [2.45, 2.75) is 30.6 Å². The molecule has 27 heavy (non-hydrogen) atoms. The molecule has 3 rings (SSSR count). The SMILES string of the molecule is CSc1cccc(NC(=O)N2CCCN(S(=O)(=O)N3CCCCC3)CC2)c1. The maximum absolute atomic E-state index is 12.9. The molecule has 2 fully saturated rings. The third-order valence-electron chi connectivity index (χ3n) is 5.03. The summed E-state index contributed by atoms with van der Waals surface area (Å²) in [6.07, 6.45) is 5.59. The molecule has 0 aliphatic carbocycles. The number of thioether (sulfide) groups is 1. The van der Waals surface area contributed by atoms with Gasteiger partial charge in [-0.1, -0.05) is 12.5 Å². The molecule has 2 aliphatic heterocycles. The molecule has 1 aromatic rings. The fourth-order valence-electron chi connectivity index (χ4n) is 3.49. The quantitative estimate of drug-likeness (QED) is 0.772. The van der Waals surface area contributed by atoms with E-state index in [0.717, 1.165) is 29.8 Å². The molecule has 2 aliphatic rings. The summed E-state index contributed by atoms with van der Waals surface area (Å²) < 4.78 is 28.9. The van der Waals surface area contributed by atoms with Gasteiger partial charge in [0.25, 0.3) is 10.2 Å². The van der Waals surface area contributed by atoms with Crippen LogP contribution in [0.3, 0.4) is 0 Å². The zero-order valence-corrected chi connectivity index (χ0v) is 17.4. The smallest absolute Gasteiger partial charge is 0.321 e. The van der Waals surface area contributed by atoms with Gasteiger partial charge in [-0.05, 0) is 43.7 Å². The normalized spacial score (nSPS) is 20.3. The van der Waals surface area contributed by atoms with Gasteiger partial charge in [-0.25, -0.2) is 4.79 Å². The first-order valence-electron chi connectivity index (χ1n) is 9.46. The Morgan fingerprint density at radius 1 is 0.963 bits per heavy atom. The van der Waals surface area contributed by atoms with Crippen LogP contribution in [0.1, 0.15) is 25.7 Å². The molecule has 0 spiro atoms. The first-order chi connectivity index (χ1) is 13.0. The van der Waals surface area contributed by atoms with Gasteiger partial charge in [0.2, 0.25) is 0 Å². The molecule has 2 heterocycles. The molecule has 0 radical (unpaired) electrons. The maximum atomic E-state index is 12.9. The summed E-state index contributed by atoms with van der Waals surface area (Å²) in [4.78, 5) is 15.4. The predicted octanol–water partition coefficient (Wildman–Crippen LogP) is 2.68. The standard InChI is InChI=1S/C18H28N4O3S2/c1-26-17-8-5-7-16(15-17)19-18(23)20-9-6-12-22(14-13-20)27(24,25)21-10-3-2-4-11-21/h5,7-8,15H,2-4,6,9-14H2,1H3,(H,19,23). The van der Waals surface area contributed by atoms with Crippen LogP contribution in [0.15, 0.2) is 29.2 Å². The lowest BCUT2D eigenvalue weighted by molar-refractivity contribution is 0.214. The summed E-state index contributed by atoms with van der Waals surface area (Å²) in [6.45, 7) is 2.98. The molecule has 7 nitrogen and oxygen atoms in total. The average molecular weight is 413 g/mol. The lowest BCUT2D eigenvalue weighted by atomic mass is 10.2. The fraction of sp³-hybridized carbons (Fsp3) is 0.611. The molecule has 2 amide bonds. The number of carbonyl (C=O) groups excluding carboxylic acids is 1. The third kappa shape index (κ3) is 5.16. The zero-order valence-electron chi connectivity index (χ0n) is 15.8. The Labute approximate surface area is 166 Å². The molecule has 0 aromatic heterocycles. The van der Waals surface area contributed by atoms with Crippen molar-refractivity contribution in [2.75, 3.05) is 50.8 Å². The second-order valence-electron chi connectivity index (χ2n) is 6.87. The van der Waals surface area contributed by atoms with Gasteiger partial charge in [0.15, 0.2) is 0 Å². The molecular formula is C18H28N4O3S2. The van der Waals surface area contributed by atoms with Crippen LogP contribution in [0.4, 0.5) is 10.5 Å². The number of nitrogens with one attached hydrogen (secondary N) is 1. The Morgan fingerprint density at radius 2 is 1.67 bits per heavy atom. The van der Waals surface area contributed by atoms with Gasteiger partial charge < -0.3 is 10.2 Å². The lowest BCUT2D eigenvalue weighted by Gasteiger charge is -2.31. The van der Waals surface area contributed by atoms with E-state index in [0.29, 0.717) is 45.7 Å². The summed E-state index contributed by atoms with van der Waals surface area (Å²) >= 11 is 1.62. The number of piperidine rings is 1. The van der Waals surface area contributed by atoms with E-state index in [1.165, 1.54) is 0 Å². The Kier molecular flexibility index (Phi) is 7.02. The molecular weight excluding hydrogens is 384 g/mol. The summed E-state index contributed by atoms with van der Waals surface area (Å²) in [7, 11) is -3.42. The Morgan fingerprint density at radius 3 is 2.41 bits per heavy atom. The molecule has 2 saturated heterocycles. The van der Waals surface area contributed by atoms with Crippen LogP contribution in [-0.2, 0) is 10.2 Å². The van der Waals surface area contributed by atoms with Gasteiger partial charge in [0, 0.05) is 49.9 Å². The average Bonchev–Trinajstić information content (AvgIpc) is 2.96. The molecule has 0 saturated carbocycles. The van der Waals surface area contributed by atoms with Gasteiger partial charge >= 0.3 is 6.03 Å². The van der Waals surface area contributed by atoms with Crippen molar-refractivity contribution in [3.05, 3.63) is 24.3 Å². The van der Waals surface area contributed by atoms with Crippen molar-refractivity contribution < 1.29 is 13.2 Å². The summed E-state index contributed by atoms with van der Waals surface area (Å²) in [5.41, 5.74) is 0.758. The minimum absolute atomic E-state index is 0.175. The van der Waals surface area contributed by atoms with Crippen molar-refractivity contribution in [1.29, 1.82) is 0 Å². The highest BCUT2D eigenvalue weighted by atomic mass is 32.2. The minimum atomic E-state index is -3.42. The van der Waals surface area contributed by atoms with Crippen LogP contribution in [0.2, 0.25) is 0 Å². The Balaban J connectivity index is 1.59. The van der Waals surface area contributed by atoms with Crippen LogP contribution in [0.25, 0.3) is 0 Å². The fourth-order valence-corrected chi connectivity index (χ4v) is 5.67. The van der Waals surface area contributed by atoms with Crippen molar-refractivity contribution in [1.82, 2.24) is 13.5 Å². The number of hydrogen-bond donors (Lipinski definition) is 1. The van der Waals surface area contributed by atoms with E-state index in [1.807, 2.05) is 30.5 Å². The van der Waals surface area contributed by atoms with Crippen LogP contribution in [-0.4, -0.2) is 73.5 Å². The molecule has 150 valence electrons. The molecule has 1 N–H and O–H groups in total. The van der Waals surface area contributed by atoms with Gasteiger partial charge in [0.1, 0.15) is 0 Å². The largest absolute Gasteiger partial charge is 0.323 e. The zero-order chi connectivity index (χ0) is 19.3. The Hall–Kier alpha value is -1.29. The first kappa shape index (κ1) is 20.4. The number of anilines is 1. The summed E-state index contributed by atoms with van der Waals surface area (Å²) in [5, 5.41) is 2.93. The van der Waals surface area contributed by atoms with Gasteiger partial charge in [-0.3, -0.25) is 0 Å². The number of nitrogens with zero attached hydrogens (tertiary/aromatic N) is 3. The molecule has 0 bridgehead atoms. The van der Waals surface area contributed by atoms with E-state index in [1.54, 1.807) is 25.3 Å². The second-order valence-corrected chi connectivity index (χ2v) is 9.68. The molecule has 1 aromatic carbocycles. The van der Waals surface area contributed by atoms with Crippen LogP contribution < -0.4 is 5.32 Å². The van der Waals surface area contributed by atoms with Gasteiger partial charge in [-0.2, -0.15) is 17.0 Å². The van der Waals surface area contributed by atoms with Gasteiger partial charge in [-0.15, -0.1) is 11.8 Å². The topological polar surface area (TPSA) is 73.0 Å². The minimum Gasteiger partial charge on any atom is -0.323 e. The highest BCUT2D eigenvalue weighted by molar-refractivity contribution is 7.98. The Bertz CT molecular complexity index is 751. The number of hydrogen-bond acceptors (Lipinski definition) is 4. The number of urea groups is 1. The number of carbonyl (C=O) groups is 1. The number of rotatable bonds is 4. The van der Waals surface area contributed by atoms with Crippen LogP contribution in [0.5, 0.6) is 0 Å². The predicted molar refractivity (Wildman–Crippen MR) is 109 cm³/mol. The summed E-state index contributed by atoms with van der Waals surface area (Å²) in [5.74, 6) is 0. The maximum Gasteiger partial charge on any atom is 0.321 e. The molecule has 9 heteroatoms. The third-order valence-corrected chi connectivity index (χ3v) is 7.79. The molecule has 0 unspecified atom stereocenters. The number of benzene rings is 1. The van der Waals surface area contributed by atoms with Crippen molar-refractivity contribution in [3.8, 4) is 0 Å². The van der Waals surface area contributed by atoms with Crippen LogP contribution in [0, 0.1) is 0 Å². The van der Waals surface area contributed by atoms with E-state index in [4.69, 9.17) is 0 Å². The van der Waals surface area contributed by atoms with E-state index < -0.39 is 10.2 Å². The first-order valence-corrected chi connectivity index (χ1v) is 12.1. The van der Waals surface area contributed by atoms with Crippen molar-refractivity contribution in [2.24, 2.45) is 0 Å². The van der Waals surface area contributed by atoms with E-state index in [9.17, 15) is 13.2 Å². The van der Waals surface area contributed by atoms with Crippen LogP contribution >= 0.6 is 11.8 Å². The van der Waals surface area contributed by atoms with Gasteiger partial charge in [0.05, 0.1) is 0 Å². The summed E-state index contributed by atoms with van der Waals surface area (Å²) in [6, 6.07) is 7.54. The monoisotopic (exact) mass is 412 g/mol. The van der Waals surface area contributed by atoms with E-state index >= 15 is 0 Å². The van der Waals surface area contributed by atoms with Crippen molar-refractivity contribution in [3.63, 3.8) is 0 Å². The van der Waals surface area contributed by atoms with E-state index in [2.05, 4.69) is 5.32 Å². The highest BCUT2D eigenvalue weighted by Crippen LogP contribution is 2.20.